The van der Waals surface area contributed by atoms with Crippen LogP contribution in [0.4, 0.5) is 0 Å². The van der Waals surface area contributed by atoms with Gasteiger partial charge < -0.3 is 13.9 Å². The number of rotatable bonds is 10. The topological polar surface area (TPSA) is 74.5 Å². The monoisotopic (exact) mass is 336 g/mol. The van der Waals surface area contributed by atoms with Crippen LogP contribution in [0.25, 0.3) is 0 Å². The smallest absolute Gasteiger partial charge is 0.276 e. The fraction of sp³-hybridized carbons (Fsp3) is 0.438. The number of aromatic nitrogens is 2. The summed E-state index contributed by atoms with van der Waals surface area (Å²) in [6, 6.07) is 5.06. The number of carbonyl (C=O) groups is 1. The van der Waals surface area contributed by atoms with Crippen LogP contribution in [0.1, 0.15) is 36.0 Å². The van der Waals surface area contributed by atoms with Gasteiger partial charge in [0.1, 0.15) is 6.29 Å². The van der Waals surface area contributed by atoms with Crippen molar-refractivity contribution in [2.75, 3.05) is 19.5 Å². The minimum absolute atomic E-state index is 0.466. The molecule has 0 saturated carbocycles. The number of aryl methyl sites for hydroxylation is 1. The molecule has 1 heterocycles. The lowest BCUT2D eigenvalue weighted by molar-refractivity contribution is 0.112. The molecule has 0 radical (unpaired) electrons. The van der Waals surface area contributed by atoms with E-state index in [1.807, 2.05) is 0 Å². The maximum atomic E-state index is 10.7. The van der Waals surface area contributed by atoms with E-state index in [0.717, 1.165) is 25.5 Å². The van der Waals surface area contributed by atoms with E-state index in [0.29, 0.717) is 40.5 Å². The average molecular weight is 336 g/mol. The molecule has 124 valence electrons. The minimum atomic E-state index is 0.466. The quantitative estimate of drug-likeness (QED) is 0.374. The number of hydrogen-bond acceptors (Lipinski definition) is 7. The van der Waals surface area contributed by atoms with Crippen LogP contribution in [-0.4, -0.2) is 36.0 Å². The van der Waals surface area contributed by atoms with E-state index in [1.165, 1.54) is 11.8 Å². The standard InChI is InChI=1S/C16H20N2O4S/c1-3-4-5-15-17-18-16(22-15)23-9-8-21-13-7-6-12(11-19)10-14(13)20-2/h6-7,10-11H,3-5,8-9H2,1-2H3. The predicted octanol–water partition coefficient (Wildman–Crippen LogP) is 3.40. The van der Waals surface area contributed by atoms with E-state index >= 15 is 0 Å². The molecular weight excluding hydrogens is 316 g/mol. The fourth-order valence-corrected chi connectivity index (χ4v) is 2.48. The molecule has 2 aromatic rings. The van der Waals surface area contributed by atoms with E-state index in [1.54, 1.807) is 25.3 Å². The minimum Gasteiger partial charge on any atom is -0.493 e. The van der Waals surface area contributed by atoms with Gasteiger partial charge in [-0.05, 0) is 24.6 Å². The second-order valence-electron chi connectivity index (χ2n) is 4.79. The van der Waals surface area contributed by atoms with Gasteiger partial charge in [0.2, 0.25) is 5.89 Å². The number of carbonyl (C=O) groups excluding carboxylic acids is 1. The lowest BCUT2D eigenvalue weighted by Crippen LogP contribution is -2.02. The zero-order chi connectivity index (χ0) is 16.5. The Morgan fingerprint density at radius 2 is 2.17 bits per heavy atom. The van der Waals surface area contributed by atoms with Gasteiger partial charge in [0.15, 0.2) is 11.5 Å². The SMILES string of the molecule is CCCCc1nnc(SCCOc2ccc(C=O)cc2OC)o1. The van der Waals surface area contributed by atoms with Gasteiger partial charge in [-0.25, -0.2) is 0 Å². The summed E-state index contributed by atoms with van der Waals surface area (Å²) in [6.07, 6.45) is 3.74. The van der Waals surface area contributed by atoms with Crippen molar-refractivity contribution in [3.63, 3.8) is 0 Å². The number of unbranched alkanes of at least 4 members (excludes halogenated alkanes) is 1. The van der Waals surface area contributed by atoms with Crippen molar-refractivity contribution in [3.8, 4) is 11.5 Å². The van der Waals surface area contributed by atoms with E-state index in [9.17, 15) is 4.79 Å². The molecule has 6 nitrogen and oxygen atoms in total. The molecule has 0 saturated heterocycles. The molecule has 1 aromatic heterocycles. The number of methoxy groups -OCH3 is 1. The highest BCUT2D eigenvalue weighted by Crippen LogP contribution is 2.28. The Morgan fingerprint density at radius 3 is 2.91 bits per heavy atom. The Hall–Kier alpha value is -2.02. The summed E-state index contributed by atoms with van der Waals surface area (Å²) in [6.45, 7) is 2.59. The Morgan fingerprint density at radius 1 is 1.30 bits per heavy atom. The fourth-order valence-electron chi connectivity index (χ4n) is 1.88. The van der Waals surface area contributed by atoms with Gasteiger partial charge in [0.05, 0.1) is 13.7 Å². The van der Waals surface area contributed by atoms with Crippen molar-refractivity contribution in [2.45, 2.75) is 31.4 Å². The summed E-state index contributed by atoms with van der Waals surface area (Å²) in [5.74, 6) is 2.50. The second kappa shape index (κ2) is 9.19. The second-order valence-corrected chi connectivity index (χ2v) is 5.84. The number of nitrogens with zero attached hydrogens (tertiary/aromatic N) is 2. The highest BCUT2D eigenvalue weighted by molar-refractivity contribution is 7.99. The first-order chi connectivity index (χ1) is 11.3. The summed E-state index contributed by atoms with van der Waals surface area (Å²) < 4.78 is 16.4. The van der Waals surface area contributed by atoms with Crippen LogP contribution in [0.3, 0.4) is 0 Å². The first-order valence-corrected chi connectivity index (χ1v) is 8.46. The molecule has 0 bridgehead atoms. The zero-order valence-electron chi connectivity index (χ0n) is 13.3. The molecular formula is C16H20N2O4S. The van der Waals surface area contributed by atoms with Crippen LogP contribution in [0.2, 0.25) is 0 Å². The zero-order valence-corrected chi connectivity index (χ0v) is 14.1. The lowest BCUT2D eigenvalue weighted by atomic mass is 10.2. The molecule has 1 aromatic carbocycles. The molecule has 2 rings (SSSR count). The Balaban J connectivity index is 1.79. The number of hydrogen-bond donors (Lipinski definition) is 0. The predicted molar refractivity (Wildman–Crippen MR) is 87.5 cm³/mol. The summed E-state index contributed by atoms with van der Waals surface area (Å²) in [4.78, 5) is 10.7. The van der Waals surface area contributed by atoms with Crippen molar-refractivity contribution in [1.29, 1.82) is 0 Å². The third kappa shape index (κ3) is 5.28. The summed E-state index contributed by atoms with van der Waals surface area (Å²) >= 11 is 1.45. The third-order valence-electron chi connectivity index (χ3n) is 3.08. The van der Waals surface area contributed by atoms with E-state index in [-0.39, 0.29) is 0 Å². The van der Waals surface area contributed by atoms with Crippen LogP contribution in [-0.2, 0) is 6.42 Å². The average Bonchev–Trinajstić information content (AvgIpc) is 3.04. The van der Waals surface area contributed by atoms with E-state index in [4.69, 9.17) is 13.9 Å². The van der Waals surface area contributed by atoms with Crippen LogP contribution in [0, 0.1) is 0 Å². The maximum Gasteiger partial charge on any atom is 0.276 e. The molecule has 7 heteroatoms. The van der Waals surface area contributed by atoms with Gasteiger partial charge in [0, 0.05) is 17.7 Å². The summed E-state index contributed by atoms with van der Waals surface area (Å²) in [5.41, 5.74) is 0.550. The summed E-state index contributed by atoms with van der Waals surface area (Å²) in [5, 5.41) is 8.56. The summed E-state index contributed by atoms with van der Waals surface area (Å²) in [7, 11) is 1.54. The number of benzene rings is 1. The lowest BCUT2D eigenvalue weighted by Gasteiger charge is -2.10. The van der Waals surface area contributed by atoms with E-state index in [2.05, 4.69) is 17.1 Å². The molecule has 23 heavy (non-hydrogen) atoms. The normalized spacial score (nSPS) is 10.5. The highest BCUT2D eigenvalue weighted by atomic mass is 32.2. The van der Waals surface area contributed by atoms with Crippen molar-refractivity contribution >= 4 is 18.0 Å². The number of aldehydes is 1. The third-order valence-corrected chi connectivity index (χ3v) is 3.87. The van der Waals surface area contributed by atoms with Crippen LogP contribution in [0.5, 0.6) is 11.5 Å². The molecule has 0 amide bonds. The van der Waals surface area contributed by atoms with Crippen LogP contribution in [0.15, 0.2) is 27.8 Å². The molecule has 0 aliphatic rings. The highest BCUT2D eigenvalue weighted by Gasteiger charge is 2.08. The van der Waals surface area contributed by atoms with Gasteiger partial charge in [0.25, 0.3) is 5.22 Å². The largest absolute Gasteiger partial charge is 0.493 e. The molecule has 0 aliphatic heterocycles. The first kappa shape index (κ1) is 17.3. The Labute approximate surface area is 139 Å². The molecule has 0 aliphatic carbocycles. The van der Waals surface area contributed by atoms with Crippen molar-refractivity contribution in [2.24, 2.45) is 0 Å². The van der Waals surface area contributed by atoms with Gasteiger partial charge >= 0.3 is 0 Å². The van der Waals surface area contributed by atoms with Crippen LogP contribution < -0.4 is 9.47 Å². The number of ether oxygens (including phenoxy) is 2. The Kier molecular flexibility index (Phi) is 6.93. The van der Waals surface area contributed by atoms with Gasteiger partial charge in [-0.3, -0.25) is 4.79 Å². The molecule has 0 unspecified atom stereocenters. The van der Waals surface area contributed by atoms with Gasteiger partial charge in [-0.2, -0.15) is 0 Å². The first-order valence-electron chi connectivity index (χ1n) is 7.48. The molecule has 0 atom stereocenters. The van der Waals surface area contributed by atoms with E-state index < -0.39 is 0 Å². The van der Waals surface area contributed by atoms with Crippen molar-refractivity contribution in [3.05, 3.63) is 29.7 Å². The van der Waals surface area contributed by atoms with Gasteiger partial charge in [-0.15, -0.1) is 10.2 Å². The van der Waals surface area contributed by atoms with Gasteiger partial charge in [-0.1, -0.05) is 25.1 Å². The molecule has 0 spiro atoms. The molecule has 0 fully saturated rings. The van der Waals surface area contributed by atoms with Crippen LogP contribution >= 0.6 is 11.8 Å². The van der Waals surface area contributed by atoms with Crippen molar-refractivity contribution < 1.29 is 18.7 Å². The molecule has 0 N–H and O–H groups in total. The van der Waals surface area contributed by atoms with Crippen molar-refractivity contribution in [1.82, 2.24) is 10.2 Å². The maximum absolute atomic E-state index is 10.7. The Bertz CT molecular complexity index is 630. The number of thioether (sulfide) groups is 1.